The van der Waals surface area contributed by atoms with Crippen molar-refractivity contribution in [2.45, 2.75) is 18.8 Å². The number of hydrogen-bond donors (Lipinski definition) is 1. The maximum absolute atomic E-state index is 5.90. The lowest BCUT2D eigenvalue weighted by Gasteiger charge is -2.00. The van der Waals surface area contributed by atoms with Gasteiger partial charge in [-0.05, 0) is 40.9 Å². The molecule has 4 heteroatoms. The van der Waals surface area contributed by atoms with Gasteiger partial charge in [0.25, 0.3) is 0 Å². The molecule has 1 saturated carbocycles. The van der Waals surface area contributed by atoms with Crippen molar-refractivity contribution in [3.8, 4) is 0 Å². The molecule has 0 bridgehead atoms. The summed E-state index contributed by atoms with van der Waals surface area (Å²) in [6.45, 7) is 0. The minimum absolute atomic E-state index is 0.635. The van der Waals surface area contributed by atoms with E-state index in [2.05, 4.69) is 25.3 Å². The number of nitrogens with two attached hydrogens (primary N) is 1. The van der Waals surface area contributed by atoms with Crippen LogP contribution in [0.2, 0.25) is 0 Å². The van der Waals surface area contributed by atoms with Gasteiger partial charge in [-0.2, -0.15) is 0 Å². The Kier molecular flexibility index (Phi) is 1.62. The standard InChI is InChI=1S/C10H10BrN3/c11-9-8-7(12)2-1-5-14(8)10(13-9)6-3-4-6/h1-2,5-6H,3-4,12H2. The van der Waals surface area contributed by atoms with Crippen molar-refractivity contribution in [3.05, 3.63) is 28.8 Å². The smallest absolute Gasteiger partial charge is 0.134 e. The Balaban J connectivity index is 2.37. The van der Waals surface area contributed by atoms with Crippen LogP contribution in [-0.2, 0) is 0 Å². The number of aromatic nitrogens is 2. The quantitative estimate of drug-likeness (QED) is 0.847. The molecule has 0 aliphatic heterocycles. The molecule has 0 aromatic carbocycles. The van der Waals surface area contributed by atoms with Gasteiger partial charge in [-0.25, -0.2) is 4.98 Å². The van der Waals surface area contributed by atoms with Crippen molar-refractivity contribution in [1.29, 1.82) is 0 Å². The van der Waals surface area contributed by atoms with E-state index in [0.29, 0.717) is 5.92 Å². The number of nitrogen functional groups attached to an aromatic ring is 1. The van der Waals surface area contributed by atoms with Gasteiger partial charge in [0.1, 0.15) is 15.9 Å². The van der Waals surface area contributed by atoms with Gasteiger partial charge in [0.2, 0.25) is 0 Å². The van der Waals surface area contributed by atoms with Crippen molar-refractivity contribution in [2.24, 2.45) is 0 Å². The molecule has 0 radical (unpaired) electrons. The zero-order valence-corrected chi connectivity index (χ0v) is 9.16. The van der Waals surface area contributed by atoms with E-state index in [1.807, 2.05) is 18.3 Å². The Bertz CT molecular complexity index is 499. The van der Waals surface area contributed by atoms with E-state index in [1.165, 1.54) is 12.8 Å². The first-order valence-corrected chi connectivity index (χ1v) is 5.48. The minimum Gasteiger partial charge on any atom is -0.397 e. The van der Waals surface area contributed by atoms with Crippen molar-refractivity contribution >= 4 is 27.1 Å². The van der Waals surface area contributed by atoms with Gasteiger partial charge >= 0.3 is 0 Å². The molecule has 2 aromatic rings. The van der Waals surface area contributed by atoms with Gasteiger partial charge in [0, 0.05) is 12.1 Å². The molecule has 0 amide bonds. The van der Waals surface area contributed by atoms with Crippen LogP contribution in [0.5, 0.6) is 0 Å². The van der Waals surface area contributed by atoms with Gasteiger partial charge in [0.15, 0.2) is 0 Å². The van der Waals surface area contributed by atoms with Crippen LogP contribution < -0.4 is 5.73 Å². The van der Waals surface area contributed by atoms with E-state index < -0.39 is 0 Å². The molecule has 2 N–H and O–H groups in total. The highest BCUT2D eigenvalue weighted by Gasteiger charge is 2.29. The molecule has 2 heterocycles. The van der Waals surface area contributed by atoms with Gasteiger partial charge in [-0.1, -0.05) is 0 Å². The maximum Gasteiger partial charge on any atom is 0.134 e. The fourth-order valence-corrected chi connectivity index (χ4v) is 2.37. The highest BCUT2D eigenvalue weighted by Crippen LogP contribution is 2.41. The Morgan fingerprint density at radius 2 is 2.29 bits per heavy atom. The average Bonchev–Trinajstić information content (AvgIpc) is 2.93. The number of pyridine rings is 1. The largest absolute Gasteiger partial charge is 0.397 e. The number of nitrogens with zero attached hydrogens (tertiary/aromatic N) is 2. The van der Waals surface area contributed by atoms with Crippen molar-refractivity contribution < 1.29 is 0 Å². The predicted molar refractivity (Wildman–Crippen MR) is 59.3 cm³/mol. The number of rotatable bonds is 1. The molecular weight excluding hydrogens is 242 g/mol. The van der Waals surface area contributed by atoms with Crippen LogP contribution in [0.4, 0.5) is 5.69 Å². The fourth-order valence-electron chi connectivity index (χ4n) is 1.77. The molecular formula is C10H10BrN3. The van der Waals surface area contributed by atoms with Crippen LogP contribution in [-0.4, -0.2) is 9.38 Å². The molecule has 1 fully saturated rings. The fraction of sp³-hybridized carbons (Fsp3) is 0.300. The number of fused-ring (bicyclic) bond motifs is 1. The second kappa shape index (κ2) is 2.73. The third-order valence-corrected chi connectivity index (χ3v) is 3.18. The molecule has 1 aliphatic carbocycles. The summed E-state index contributed by atoms with van der Waals surface area (Å²) in [5.41, 5.74) is 7.67. The molecule has 0 atom stereocenters. The zero-order valence-electron chi connectivity index (χ0n) is 7.57. The first-order chi connectivity index (χ1) is 6.77. The topological polar surface area (TPSA) is 43.3 Å². The lowest BCUT2D eigenvalue weighted by Crippen LogP contribution is -1.94. The highest BCUT2D eigenvalue weighted by molar-refractivity contribution is 9.10. The SMILES string of the molecule is Nc1cccn2c(C3CC3)nc(Br)c12. The molecule has 0 unspecified atom stereocenters. The first-order valence-electron chi connectivity index (χ1n) is 4.69. The summed E-state index contributed by atoms with van der Waals surface area (Å²) < 4.78 is 2.95. The second-order valence-electron chi connectivity index (χ2n) is 3.72. The molecule has 1 aliphatic rings. The predicted octanol–water partition coefficient (Wildman–Crippen LogP) is 2.56. The van der Waals surface area contributed by atoms with Crippen LogP contribution in [0, 0.1) is 0 Å². The Morgan fingerprint density at radius 3 is 3.00 bits per heavy atom. The summed E-state index contributed by atoms with van der Waals surface area (Å²) in [5, 5.41) is 0. The third kappa shape index (κ3) is 1.07. The van der Waals surface area contributed by atoms with Gasteiger partial charge in [-0.3, -0.25) is 0 Å². The van der Waals surface area contributed by atoms with E-state index in [9.17, 15) is 0 Å². The van der Waals surface area contributed by atoms with Gasteiger partial charge in [0.05, 0.1) is 5.69 Å². The first kappa shape index (κ1) is 8.29. The van der Waals surface area contributed by atoms with E-state index in [0.717, 1.165) is 21.6 Å². The van der Waals surface area contributed by atoms with E-state index in [4.69, 9.17) is 5.73 Å². The second-order valence-corrected chi connectivity index (χ2v) is 4.47. The third-order valence-electron chi connectivity index (χ3n) is 2.62. The molecule has 3 nitrogen and oxygen atoms in total. The molecule has 3 rings (SSSR count). The average molecular weight is 252 g/mol. The summed E-state index contributed by atoms with van der Waals surface area (Å²) in [6, 6.07) is 3.86. The molecule has 0 spiro atoms. The number of imidazole rings is 1. The van der Waals surface area contributed by atoms with Crippen LogP contribution in [0.15, 0.2) is 22.9 Å². The summed E-state index contributed by atoms with van der Waals surface area (Å²) in [4.78, 5) is 4.51. The number of anilines is 1. The molecule has 0 saturated heterocycles. The van der Waals surface area contributed by atoms with Gasteiger partial charge < -0.3 is 10.1 Å². The van der Waals surface area contributed by atoms with E-state index >= 15 is 0 Å². The normalized spacial score (nSPS) is 16.4. The molecule has 72 valence electrons. The summed E-state index contributed by atoms with van der Waals surface area (Å²) in [6.07, 6.45) is 4.53. The van der Waals surface area contributed by atoms with Crippen molar-refractivity contribution in [3.63, 3.8) is 0 Å². The van der Waals surface area contributed by atoms with Gasteiger partial charge in [-0.15, -0.1) is 0 Å². The van der Waals surface area contributed by atoms with Crippen LogP contribution in [0.1, 0.15) is 24.6 Å². The van der Waals surface area contributed by atoms with Crippen molar-refractivity contribution in [2.75, 3.05) is 5.73 Å². The van der Waals surface area contributed by atoms with Crippen LogP contribution >= 0.6 is 15.9 Å². The lowest BCUT2D eigenvalue weighted by atomic mass is 10.3. The Hall–Kier alpha value is -1.03. The molecule has 2 aromatic heterocycles. The Labute approximate surface area is 90.1 Å². The number of halogens is 1. The summed E-state index contributed by atoms with van der Waals surface area (Å²) >= 11 is 3.45. The van der Waals surface area contributed by atoms with E-state index in [-0.39, 0.29) is 0 Å². The minimum atomic E-state index is 0.635. The van der Waals surface area contributed by atoms with Crippen molar-refractivity contribution in [1.82, 2.24) is 9.38 Å². The van der Waals surface area contributed by atoms with Crippen LogP contribution in [0.25, 0.3) is 5.52 Å². The maximum atomic E-state index is 5.90. The zero-order chi connectivity index (χ0) is 9.71. The van der Waals surface area contributed by atoms with E-state index in [1.54, 1.807) is 0 Å². The summed E-state index contributed by atoms with van der Waals surface area (Å²) in [7, 11) is 0. The Morgan fingerprint density at radius 1 is 1.50 bits per heavy atom. The monoisotopic (exact) mass is 251 g/mol. The summed E-state index contributed by atoms with van der Waals surface area (Å²) in [5.74, 6) is 1.77. The highest BCUT2D eigenvalue weighted by atomic mass is 79.9. The van der Waals surface area contributed by atoms with Crippen LogP contribution in [0.3, 0.4) is 0 Å². The number of hydrogen-bond acceptors (Lipinski definition) is 2. The molecule has 14 heavy (non-hydrogen) atoms. The lowest BCUT2D eigenvalue weighted by molar-refractivity contribution is 0.919.